The summed E-state index contributed by atoms with van der Waals surface area (Å²) in [5.41, 5.74) is -0.0356. The highest BCUT2D eigenvalue weighted by molar-refractivity contribution is 6.28. The molecule has 3 rings (SSSR count). The fourth-order valence-electron chi connectivity index (χ4n) is 2.08. The van der Waals surface area contributed by atoms with E-state index in [1.807, 2.05) is 0 Å². The van der Waals surface area contributed by atoms with E-state index < -0.39 is 0 Å². The van der Waals surface area contributed by atoms with Gasteiger partial charge in [-0.3, -0.25) is 0 Å². The molecule has 100 valence electrons. The second-order valence-electron chi connectivity index (χ2n) is 5.30. The predicted octanol–water partition coefficient (Wildman–Crippen LogP) is 2.31. The van der Waals surface area contributed by atoms with Gasteiger partial charge in [0.1, 0.15) is 0 Å². The van der Waals surface area contributed by atoms with Crippen molar-refractivity contribution in [3.05, 3.63) is 23.7 Å². The lowest BCUT2D eigenvalue weighted by Crippen LogP contribution is -2.34. The molecule has 0 bridgehead atoms. The lowest BCUT2D eigenvalue weighted by Gasteiger charge is -2.26. The summed E-state index contributed by atoms with van der Waals surface area (Å²) in [6.07, 6.45) is 5.91. The third-order valence-corrected chi connectivity index (χ3v) is 3.51. The normalized spacial score (nSPS) is 15.5. The first-order valence-corrected chi connectivity index (χ1v) is 6.62. The van der Waals surface area contributed by atoms with Gasteiger partial charge in [0.2, 0.25) is 11.2 Å². The van der Waals surface area contributed by atoms with Crippen LogP contribution >= 0.6 is 11.6 Å². The SMILES string of the molecule is CC(C)(Nc1nc(Cl)nc(-n2cccn2)n1)C1CC1. The second-order valence-corrected chi connectivity index (χ2v) is 5.64. The van der Waals surface area contributed by atoms with E-state index in [0.717, 1.165) is 0 Å². The topological polar surface area (TPSA) is 68.5 Å². The molecule has 1 N–H and O–H groups in total. The van der Waals surface area contributed by atoms with Crippen LogP contribution in [0.5, 0.6) is 0 Å². The van der Waals surface area contributed by atoms with Crippen LogP contribution in [0.25, 0.3) is 5.95 Å². The molecule has 0 atom stereocenters. The van der Waals surface area contributed by atoms with Gasteiger partial charge < -0.3 is 5.32 Å². The second kappa shape index (κ2) is 4.45. The molecule has 0 radical (unpaired) electrons. The summed E-state index contributed by atoms with van der Waals surface area (Å²) < 4.78 is 1.56. The Labute approximate surface area is 116 Å². The van der Waals surface area contributed by atoms with Gasteiger partial charge in [-0.25, -0.2) is 4.68 Å². The van der Waals surface area contributed by atoms with Crippen molar-refractivity contribution in [1.29, 1.82) is 0 Å². The molecule has 6 nitrogen and oxygen atoms in total. The summed E-state index contributed by atoms with van der Waals surface area (Å²) in [4.78, 5) is 12.6. The summed E-state index contributed by atoms with van der Waals surface area (Å²) in [5.74, 6) is 1.57. The zero-order chi connectivity index (χ0) is 13.5. The van der Waals surface area contributed by atoms with E-state index in [-0.39, 0.29) is 10.8 Å². The average Bonchev–Trinajstić information content (AvgIpc) is 3.05. The molecule has 2 aromatic rings. The van der Waals surface area contributed by atoms with Crippen LogP contribution in [0.3, 0.4) is 0 Å². The number of nitrogens with one attached hydrogen (secondary N) is 1. The van der Waals surface area contributed by atoms with Gasteiger partial charge in [0.25, 0.3) is 5.95 Å². The van der Waals surface area contributed by atoms with E-state index >= 15 is 0 Å². The van der Waals surface area contributed by atoms with Crippen molar-refractivity contribution >= 4 is 17.5 Å². The molecule has 1 aliphatic carbocycles. The number of hydrogen-bond donors (Lipinski definition) is 1. The highest BCUT2D eigenvalue weighted by atomic mass is 35.5. The zero-order valence-electron chi connectivity index (χ0n) is 10.8. The van der Waals surface area contributed by atoms with E-state index in [2.05, 4.69) is 39.2 Å². The molecule has 2 heterocycles. The number of rotatable bonds is 4. The van der Waals surface area contributed by atoms with Crippen molar-refractivity contribution in [2.75, 3.05) is 5.32 Å². The lowest BCUT2D eigenvalue weighted by atomic mass is 9.99. The van der Waals surface area contributed by atoms with Crippen molar-refractivity contribution in [2.45, 2.75) is 32.2 Å². The summed E-state index contributed by atoms with van der Waals surface area (Å²) in [7, 11) is 0. The van der Waals surface area contributed by atoms with Gasteiger partial charge in [-0.1, -0.05) is 0 Å². The van der Waals surface area contributed by atoms with E-state index in [0.29, 0.717) is 17.8 Å². The van der Waals surface area contributed by atoms with E-state index in [4.69, 9.17) is 11.6 Å². The molecule has 19 heavy (non-hydrogen) atoms. The molecule has 1 fully saturated rings. The number of aromatic nitrogens is 5. The van der Waals surface area contributed by atoms with Gasteiger partial charge in [0.15, 0.2) is 0 Å². The Hall–Kier alpha value is -1.69. The Morgan fingerprint density at radius 3 is 2.74 bits per heavy atom. The number of anilines is 1. The van der Waals surface area contributed by atoms with E-state index in [1.54, 1.807) is 23.1 Å². The first-order valence-electron chi connectivity index (χ1n) is 6.24. The van der Waals surface area contributed by atoms with Crippen LogP contribution in [0.4, 0.5) is 5.95 Å². The fourth-order valence-corrected chi connectivity index (χ4v) is 2.24. The minimum Gasteiger partial charge on any atom is -0.349 e. The molecule has 0 aliphatic heterocycles. The molecule has 2 aromatic heterocycles. The largest absolute Gasteiger partial charge is 0.349 e. The summed E-state index contributed by atoms with van der Waals surface area (Å²) in [6, 6.07) is 1.80. The molecule has 7 heteroatoms. The number of hydrogen-bond acceptors (Lipinski definition) is 5. The quantitative estimate of drug-likeness (QED) is 0.929. The van der Waals surface area contributed by atoms with Crippen molar-refractivity contribution < 1.29 is 0 Å². The summed E-state index contributed by atoms with van der Waals surface area (Å²) in [6.45, 7) is 4.30. The molecular formula is C12H15ClN6. The van der Waals surface area contributed by atoms with Crippen LogP contribution in [-0.4, -0.2) is 30.3 Å². The molecule has 1 aliphatic rings. The maximum Gasteiger partial charge on any atom is 0.256 e. The van der Waals surface area contributed by atoms with Gasteiger partial charge in [-0.15, -0.1) is 0 Å². The Morgan fingerprint density at radius 2 is 2.11 bits per heavy atom. The third kappa shape index (κ3) is 2.68. The summed E-state index contributed by atoms with van der Waals surface area (Å²) >= 11 is 5.95. The minimum atomic E-state index is -0.0356. The van der Waals surface area contributed by atoms with Crippen molar-refractivity contribution in [3.63, 3.8) is 0 Å². The van der Waals surface area contributed by atoms with Crippen molar-refractivity contribution in [3.8, 4) is 5.95 Å². The highest BCUT2D eigenvalue weighted by Gasteiger charge is 2.38. The number of nitrogens with zero attached hydrogens (tertiary/aromatic N) is 5. The van der Waals surface area contributed by atoms with Crippen LogP contribution in [0.15, 0.2) is 18.5 Å². The standard InChI is InChI=1S/C12H15ClN6/c1-12(2,8-4-5-8)18-10-15-9(13)16-11(17-10)19-7-3-6-14-19/h3,6-8H,4-5H2,1-2H3,(H,15,16,17,18). The molecule has 0 saturated heterocycles. The molecule has 0 spiro atoms. The van der Waals surface area contributed by atoms with Gasteiger partial charge >= 0.3 is 0 Å². The van der Waals surface area contributed by atoms with Gasteiger partial charge in [0, 0.05) is 17.9 Å². The molecular weight excluding hydrogens is 264 g/mol. The van der Waals surface area contributed by atoms with Crippen LogP contribution in [-0.2, 0) is 0 Å². The highest BCUT2D eigenvalue weighted by Crippen LogP contribution is 2.40. The lowest BCUT2D eigenvalue weighted by molar-refractivity contribution is 0.489. The Morgan fingerprint density at radius 1 is 1.32 bits per heavy atom. The average molecular weight is 279 g/mol. The molecule has 0 unspecified atom stereocenters. The molecule has 0 amide bonds. The van der Waals surface area contributed by atoms with Crippen molar-refractivity contribution in [1.82, 2.24) is 24.7 Å². The monoisotopic (exact) mass is 278 g/mol. The maximum atomic E-state index is 5.95. The first-order chi connectivity index (χ1) is 9.04. The van der Waals surface area contributed by atoms with Crippen LogP contribution in [0.2, 0.25) is 5.28 Å². The number of halogens is 1. The third-order valence-electron chi connectivity index (χ3n) is 3.34. The zero-order valence-corrected chi connectivity index (χ0v) is 11.6. The first kappa shape index (κ1) is 12.3. The Bertz CT molecular complexity index is 576. The van der Waals surface area contributed by atoms with E-state index in [9.17, 15) is 0 Å². The molecule has 0 aromatic carbocycles. The summed E-state index contributed by atoms with van der Waals surface area (Å²) in [5, 5.41) is 7.59. The van der Waals surface area contributed by atoms with Gasteiger partial charge in [-0.05, 0) is 50.3 Å². The molecule has 1 saturated carbocycles. The van der Waals surface area contributed by atoms with Crippen LogP contribution < -0.4 is 5.32 Å². The van der Waals surface area contributed by atoms with Crippen LogP contribution in [0, 0.1) is 5.92 Å². The van der Waals surface area contributed by atoms with Crippen molar-refractivity contribution in [2.24, 2.45) is 5.92 Å². The Kier molecular flexibility index (Phi) is 2.89. The fraction of sp³-hybridized carbons (Fsp3) is 0.500. The van der Waals surface area contributed by atoms with Crippen LogP contribution in [0.1, 0.15) is 26.7 Å². The minimum absolute atomic E-state index is 0.0356. The van der Waals surface area contributed by atoms with E-state index in [1.165, 1.54) is 12.8 Å². The van der Waals surface area contributed by atoms with Gasteiger partial charge in [0.05, 0.1) is 0 Å². The Balaban J connectivity index is 1.89. The smallest absolute Gasteiger partial charge is 0.256 e. The maximum absolute atomic E-state index is 5.95. The van der Waals surface area contributed by atoms with Gasteiger partial charge in [-0.2, -0.15) is 20.1 Å². The predicted molar refractivity (Wildman–Crippen MR) is 72.4 cm³/mol.